The monoisotopic (exact) mass is 192 g/mol. The maximum absolute atomic E-state index is 9.28. The predicted molar refractivity (Wildman–Crippen MR) is 27.9 cm³/mol. The molecule has 0 aromatic heterocycles. The Morgan fingerprint density at radius 3 is 2.33 bits per heavy atom. The third kappa shape index (κ3) is 8.82. The first-order chi connectivity index (χ1) is 2.41. The second-order valence-corrected chi connectivity index (χ2v) is 0.622. The van der Waals surface area contributed by atoms with Crippen molar-refractivity contribution in [1.29, 1.82) is 0 Å². The van der Waals surface area contributed by atoms with Gasteiger partial charge in [-0.15, -0.1) is 0 Å². The van der Waals surface area contributed by atoms with Crippen molar-refractivity contribution < 1.29 is 9.53 Å². The Morgan fingerprint density at radius 2 is 2.33 bits per heavy atom. The molecule has 0 spiro atoms. The minimum atomic E-state index is 0. The molecule has 6 heavy (non-hydrogen) atoms. The number of carbonyl (C=O) groups excluding carboxylic acids is 1. The average molecular weight is 192 g/mol. The number of hydrogen-bond acceptors (Lipinski definition) is 2. The molecule has 0 aromatic carbocycles. The average Bonchev–Trinajstić information content (AvgIpc) is 1.41. The predicted octanol–water partition coefficient (Wildman–Crippen LogP) is -1.35. The number of hydrogen-bond donors (Lipinski definition) is 0. The van der Waals surface area contributed by atoms with Gasteiger partial charge in [0.05, 0.1) is 0 Å². The number of rotatable bonds is 2. The zero-order chi connectivity index (χ0) is 4.12. The maximum atomic E-state index is 9.28. The summed E-state index contributed by atoms with van der Waals surface area (Å²) in [6.07, 6.45) is 0.708. The molecule has 0 aliphatic rings. The fraction of sp³-hybridized carbons (Fsp3) is 0.667. The van der Waals surface area contributed by atoms with Gasteiger partial charge < -0.3 is 9.53 Å². The van der Waals surface area contributed by atoms with Crippen molar-refractivity contribution >= 4 is 32.1 Å². The van der Waals surface area contributed by atoms with Crippen molar-refractivity contribution in [2.45, 2.75) is 0 Å². The Morgan fingerprint density at radius 1 is 1.83 bits per heavy atom. The van der Waals surface area contributed by atoms with Crippen LogP contribution in [0.15, 0.2) is 0 Å². The Kier molecular flexibility index (Phi) is 14.7. The van der Waals surface area contributed by atoms with E-state index in [0.29, 0.717) is 6.29 Å². The van der Waals surface area contributed by atoms with Crippen LogP contribution >= 0.6 is 0 Å². The van der Waals surface area contributed by atoms with Gasteiger partial charge in [0.2, 0.25) is 0 Å². The summed E-state index contributed by atoms with van der Waals surface area (Å²) in [5.41, 5.74) is 0. The van der Waals surface area contributed by atoms with Crippen LogP contribution in [0.2, 0.25) is 0 Å². The normalized spacial score (nSPS) is 6.17. The molecule has 0 N–H and O–H groups in total. The second kappa shape index (κ2) is 9.09. The van der Waals surface area contributed by atoms with E-state index in [-0.39, 0.29) is 32.5 Å². The fourth-order valence-electron chi connectivity index (χ4n) is 0.0680. The van der Waals surface area contributed by atoms with Crippen LogP contribution in [0.3, 0.4) is 0 Å². The summed E-state index contributed by atoms with van der Waals surface area (Å²) < 4.78 is 4.32. The minimum absolute atomic E-state index is 0. The summed E-state index contributed by atoms with van der Waals surface area (Å²) in [4.78, 5) is 9.28. The first-order valence-electron chi connectivity index (χ1n) is 1.34. The van der Waals surface area contributed by atoms with Crippen LogP contribution in [0.5, 0.6) is 0 Å². The van der Waals surface area contributed by atoms with Gasteiger partial charge in [-0.05, 0) is 0 Å². The van der Waals surface area contributed by atoms with E-state index in [1.807, 2.05) is 0 Å². The Labute approximate surface area is 55.7 Å². The summed E-state index contributed by atoms with van der Waals surface area (Å²) in [6.45, 7) is 0.208. The van der Waals surface area contributed by atoms with Gasteiger partial charge in [0.1, 0.15) is 12.9 Å². The Balaban J connectivity index is 0. The second-order valence-electron chi connectivity index (χ2n) is 0.622. The Bertz CT molecular complexity index is 30.0. The molecule has 3 heteroatoms. The fourth-order valence-corrected chi connectivity index (χ4v) is 0.0680. The van der Waals surface area contributed by atoms with E-state index in [2.05, 4.69) is 4.74 Å². The molecular weight excluding hydrogens is 183 g/mol. The molecule has 0 aliphatic heterocycles. The van der Waals surface area contributed by atoms with Gasteiger partial charge in [0, 0.05) is 7.11 Å². The van der Waals surface area contributed by atoms with Crippen LogP contribution in [-0.4, -0.2) is 45.8 Å². The van der Waals surface area contributed by atoms with Crippen molar-refractivity contribution in [2.75, 3.05) is 13.7 Å². The van der Waals surface area contributed by atoms with Crippen LogP contribution in [0.1, 0.15) is 0 Å². The summed E-state index contributed by atoms with van der Waals surface area (Å²) in [6, 6.07) is 0. The van der Waals surface area contributed by atoms with Crippen LogP contribution in [0, 0.1) is 0 Å². The van der Waals surface area contributed by atoms with Crippen LogP contribution < -0.4 is 0 Å². The Hall–Kier alpha value is 0.500. The molecule has 0 aliphatic carbocycles. The van der Waals surface area contributed by atoms with Gasteiger partial charge >= 0.3 is 25.8 Å². The SMILES string of the molecule is COCC=O.[InH3]. The number of ether oxygens (including phenoxy) is 1. The molecule has 0 fully saturated rings. The molecule has 0 saturated heterocycles. The van der Waals surface area contributed by atoms with Crippen LogP contribution in [0.4, 0.5) is 0 Å². The molecule has 0 radical (unpaired) electrons. The molecule has 0 atom stereocenters. The van der Waals surface area contributed by atoms with Gasteiger partial charge in [0.25, 0.3) is 0 Å². The summed E-state index contributed by atoms with van der Waals surface area (Å²) >= 11 is 0. The van der Waals surface area contributed by atoms with Gasteiger partial charge in [-0.25, -0.2) is 0 Å². The first kappa shape index (κ1) is 9.71. The van der Waals surface area contributed by atoms with E-state index < -0.39 is 0 Å². The standard InChI is InChI=1S/C3H6O2.In.3H/c1-5-3-2-4;;;;/h2H,3H2,1H3;;;;. The summed E-state index contributed by atoms with van der Waals surface area (Å²) in [5.74, 6) is 0. The molecule has 0 heterocycles. The molecule has 2 nitrogen and oxygen atoms in total. The third-order valence-electron chi connectivity index (χ3n) is 0.235. The zero-order valence-electron chi connectivity index (χ0n) is 3.10. The van der Waals surface area contributed by atoms with Gasteiger partial charge in [0.15, 0.2) is 0 Å². The molecular formula is C3H9InO2. The quantitative estimate of drug-likeness (QED) is 0.505. The number of methoxy groups -OCH3 is 1. The van der Waals surface area contributed by atoms with E-state index in [4.69, 9.17) is 0 Å². The van der Waals surface area contributed by atoms with Crippen molar-refractivity contribution in [2.24, 2.45) is 0 Å². The zero-order valence-corrected chi connectivity index (χ0v) is 3.10. The van der Waals surface area contributed by atoms with E-state index in [9.17, 15) is 4.79 Å². The van der Waals surface area contributed by atoms with E-state index >= 15 is 0 Å². The molecule has 0 amide bonds. The van der Waals surface area contributed by atoms with E-state index in [1.54, 1.807) is 0 Å². The molecule has 0 saturated carbocycles. The summed E-state index contributed by atoms with van der Waals surface area (Å²) in [5, 5.41) is 0. The topological polar surface area (TPSA) is 26.3 Å². The molecule has 0 unspecified atom stereocenters. The van der Waals surface area contributed by atoms with E-state index in [0.717, 1.165) is 0 Å². The van der Waals surface area contributed by atoms with Crippen molar-refractivity contribution in [1.82, 2.24) is 0 Å². The summed E-state index contributed by atoms with van der Waals surface area (Å²) in [7, 11) is 1.48. The third-order valence-corrected chi connectivity index (χ3v) is 0.235. The van der Waals surface area contributed by atoms with Crippen LogP contribution in [-0.2, 0) is 9.53 Å². The first-order valence-corrected chi connectivity index (χ1v) is 1.34. The molecule has 36 valence electrons. The van der Waals surface area contributed by atoms with Crippen LogP contribution in [0.25, 0.3) is 0 Å². The molecule has 0 rings (SSSR count). The molecule has 0 aromatic rings. The van der Waals surface area contributed by atoms with Crippen molar-refractivity contribution in [3.63, 3.8) is 0 Å². The van der Waals surface area contributed by atoms with Crippen molar-refractivity contribution in [3.05, 3.63) is 0 Å². The van der Waals surface area contributed by atoms with Gasteiger partial charge in [-0.1, -0.05) is 0 Å². The number of carbonyl (C=O) groups is 1. The van der Waals surface area contributed by atoms with Gasteiger partial charge in [-0.3, -0.25) is 0 Å². The van der Waals surface area contributed by atoms with Crippen molar-refractivity contribution in [3.8, 4) is 0 Å². The van der Waals surface area contributed by atoms with E-state index in [1.165, 1.54) is 7.11 Å². The van der Waals surface area contributed by atoms with Gasteiger partial charge in [-0.2, -0.15) is 0 Å². The molecule has 0 bridgehead atoms. The number of aldehydes is 1.